The Hall–Kier alpha value is -2.21. The van der Waals surface area contributed by atoms with E-state index in [0.29, 0.717) is 18.2 Å². The first-order chi connectivity index (χ1) is 11.5. The van der Waals surface area contributed by atoms with Crippen LogP contribution in [-0.4, -0.2) is 25.6 Å². The highest BCUT2D eigenvalue weighted by atomic mass is 32.1. The van der Waals surface area contributed by atoms with Gasteiger partial charge >= 0.3 is 5.97 Å². The molecule has 2 heterocycles. The molecule has 124 valence electrons. The fourth-order valence-electron chi connectivity index (χ4n) is 3.01. The van der Waals surface area contributed by atoms with Crippen LogP contribution < -0.4 is 0 Å². The maximum atomic E-state index is 10.8. The van der Waals surface area contributed by atoms with Crippen molar-refractivity contribution in [1.82, 2.24) is 14.5 Å². The number of carboxylic acids is 1. The van der Waals surface area contributed by atoms with E-state index in [4.69, 9.17) is 10.1 Å². The van der Waals surface area contributed by atoms with Crippen molar-refractivity contribution in [2.45, 2.75) is 45.6 Å². The SMILES string of the molecule is Cc1cc2nc(C3CC3)n(Cc3nc(CC(=O)O)cs3)c2cc1C. The van der Waals surface area contributed by atoms with Crippen molar-refractivity contribution in [1.29, 1.82) is 0 Å². The predicted octanol–water partition coefficient (Wildman–Crippen LogP) is 3.66. The molecular formula is C18H19N3O2S. The maximum absolute atomic E-state index is 10.8. The summed E-state index contributed by atoms with van der Waals surface area (Å²) >= 11 is 1.52. The van der Waals surface area contributed by atoms with Crippen LogP contribution in [0.25, 0.3) is 11.0 Å². The smallest absolute Gasteiger partial charge is 0.309 e. The van der Waals surface area contributed by atoms with E-state index in [-0.39, 0.29) is 6.42 Å². The molecule has 1 aliphatic rings. The van der Waals surface area contributed by atoms with Gasteiger partial charge in [0.2, 0.25) is 0 Å². The average Bonchev–Trinajstić information content (AvgIpc) is 3.19. The molecule has 0 saturated heterocycles. The summed E-state index contributed by atoms with van der Waals surface area (Å²) in [6, 6.07) is 4.36. The Bertz CT molecular complexity index is 937. The lowest BCUT2D eigenvalue weighted by Crippen LogP contribution is -2.05. The summed E-state index contributed by atoms with van der Waals surface area (Å²) < 4.78 is 2.27. The van der Waals surface area contributed by atoms with E-state index < -0.39 is 5.97 Å². The number of carbonyl (C=O) groups is 1. The summed E-state index contributed by atoms with van der Waals surface area (Å²) in [7, 11) is 0. The number of aromatic nitrogens is 3. The molecule has 1 saturated carbocycles. The molecule has 1 N–H and O–H groups in total. The third kappa shape index (κ3) is 2.82. The average molecular weight is 341 g/mol. The Balaban J connectivity index is 1.74. The molecule has 2 aromatic heterocycles. The lowest BCUT2D eigenvalue weighted by Gasteiger charge is -2.07. The largest absolute Gasteiger partial charge is 0.481 e. The fourth-order valence-corrected chi connectivity index (χ4v) is 3.79. The number of aliphatic carboxylic acids is 1. The van der Waals surface area contributed by atoms with Crippen molar-refractivity contribution in [3.63, 3.8) is 0 Å². The molecule has 24 heavy (non-hydrogen) atoms. The Labute approximate surface area is 144 Å². The van der Waals surface area contributed by atoms with Gasteiger partial charge in [-0.1, -0.05) is 0 Å². The fraction of sp³-hybridized carbons (Fsp3) is 0.389. The number of aryl methyl sites for hydroxylation is 2. The van der Waals surface area contributed by atoms with Crippen LogP contribution in [0.3, 0.4) is 0 Å². The molecule has 1 fully saturated rings. The molecule has 0 radical (unpaired) electrons. The normalized spacial score (nSPS) is 14.4. The van der Waals surface area contributed by atoms with Crippen molar-refractivity contribution < 1.29 is 9.90 Å². The number of imidazole rings is 1. The molecule has 0 unspecified atom stereocenters. The second-order valence-corrected chi connectivity index (χ2v) is 7.50. The minimum atomic E-state index is -0.843. The summed E-state index contributed by atoms with van der Waals surface area (Å²) in [6.07, 6.45) is 2.38. The van der Waals surface area contributed by atoms with Crippen molar-refractivity contribution in [3.05, 3.63) is 45.2 Å². The number of fused-ring (bicyclic) bond motifs is 1. The van der Waals surface area contributed by atoms with Gasteiger partial charge in [-0.15, -0.1) is 11.3 Å². The van der Waals surface area contributed by atoms with Gasteiger partial charge in [0.15, 0.2) is 0 Å². The van der Waals surface area contributed by atoms with E-state index in [1.807, 2.05) is 5.38 Å². The van der Waals surface area contributed by atoms with Crippen molar-refractivity contribution >= 4 is 28.3 Å². The summed E-state index contributed by atoms with van der Waals surface area (Å²) in [6.45, 7) is 4.90. The molecule has 0 atom stereocenters. The topological polar surface area (TPSA) is 68.0 Å². The lowest BCUT2D eigenvalue weighted by molar-refractivity contribution is -0.136. The number of hydrogen-bond acceptors (Lipinski definition) is 4. The zero-order valence-corrected chi connectivity index (χ0v) is 14.6. The molecule has 0 bridgehead atoms. The van der Waals surface area contributed by atoms with Crippen LogP contribution >= 0.6 is 11.3 Å². The number of rotatable bonds is 5. The number of nitrogens with zero attached hydrogens (tertiary/aromatic N) is 3. The number of carboxylic acid groups (broad SMARTS) is 1. The Morgan fingerprint density at radius 3 is 2.75 bits per heavy atom. The quantitative estimate of drug-likeness (QED) is 0.769. The molecule has 4 rings (SSSR count). The first-order valence-electron chi connectivity index (χ1n) is 8.13. The van der Waals surface area contributed by atoms with Crippen LogP contribution in [0.2, 0.25) is 0 Å². The molecular weight excluding hydrogens is 322 g/mol. The van der Waals surface area contributed by atoms with Gasteiger partial charge in [0.25, 0.3) is 0 Å². The van der Waals surface area contributed by atoms with Gasteiger partial charge in [-0.3, -0.25) is 4.79 Å². The van der Waals surface area contributed by atoms with E-state index in [0.717, 1.165) is 21.9 Å². The van der Waals surface area contributed by atoms with E-state index in [9.17, 15) is 4.79 Å². The van der Waals surface area contributed by atoms with Gasteiger partial charge in [-0.25, -0.2) is 9.97 Å². The van der Waals surface area contributed by atoms with Crippen LogP contribution in [0, 0.1) is 13.8 Å². The van der Waals surface area contributed by atoms with E-state index in [2.05, 4.69) is 35.5 Å². The molecule has 6 heteroatoms. The molecule has 3 aromatic rings. The maximum Gasteiger partial charge on any atom is 0.309 e. The summed E-state index contributed by atoms with van der Waals surface area (Å²) in [5.74, 6) is 0.853. The van der Waals surface area contributed by atoms with Crippen LogP contribution in [0.5, 0.6) is 0 Å². The Kier molecular flexibility index (Phi) is 3.64. The third-order valence-electron chi connectivity index (χ3n) is 4.56. The van der Waals surface area contributed by atoms with Gasteiger partial charge in [0.1, 0.15) is 10.8 Å². The van der Waals surface area contributed by atoms with Crippen molar-refractivity contribution in [2.24, 2.45) is 0 Å². The number of hydrogen-bond donors (Lipinski definition) is 1. The van der Waals surface area contributed by atoms with Gasteiger partial charge in [-0.2, -0.15) is 0 Å². The van der Waals surface area contributed by atoms with Gasteiger partial charge in [-0.05, 0) is 49.9 Å². The zero-order chi connectivity index (χ0) is 16.8. The van der Waals surface area contributed by atoms with E-state index in [1.165, 1.54) is 35.3 Å². The first-order valence-corrected chi connectivity index (χ1v) is 9.01. The Morgan fingerprint density at radius 1 is 1.29 bits per heavy atom. The van der Waals surface area contributed by atoms with Crippen LogP contribution in [0.15, 0.2) is 17.5 Å². The molecule has 0 spiro atoms. The standard InChI is InChI=1S/C18H19N3O2S/c1-10-5-14-15(6-11(10)2)21(18(20-14)12-3-4-12)8-16-19-13(9-24-16)7-17(22)23/h5-6,9,12H,3-4,7-8H2,1-2H3,(H,22,23). The van der Waals surface area contributed by atoms with Crippen molar-refractivity contribution in [2.75, 3.05) is 0 Å². The molecule has 0 aliphatic heterocycles. The van der Waals surface area contributed by atoms with E-state index in [1.54, 1.807) is 0 Å². The highest BCUT2D eigenvalue weighted by Gasteiger charge is 2.30. The third-order valence-corrected chi connectivity index (χ3v) is 5.44. The second-order valence-electron chi connectivity index (χ2n) is 6.56. The predicted molar refractivity (Wildman–Crippen MR) is 93.7 cm³/mol. The zero-order valence-electron chi connectivity index (χ0n) is 13.7. The van der Waals surface area contributed by atoms with Gasteiger partial charge in [0, 0.05) is 11.3 Å². The minimum absolute atomic E-state index is 0.0189. The van der Waals surface area contributed by atoms with Crippen LogP contribution in [0.1, 0.15) is 46.4 Å². The molecule has 0 amide bonds. The molecule has 1 aromatic carbocycles. The number of thiazole rings is 1. The second kappa shape index (κ2) is 5.70. The summed E-state index contributed by atoms with van der Waals surface area (Å²) in [4.78, 5) is 20.2. The minimum Gasteiger partial charge on any atom is -0.481 e. The highest BCUT2D eigenvalue weighted by Crippen LogP contribution is 2.41. The van der Waals surface area contributed by atoms with E-state index >= 15 is 0 Å². The highest BCUT2D eigenvalue weighted by molar-refractivity contribution is 7.09. The first kappa shape index (κ1) is 15.3. The molecule has 5 nitrogen and oxygen atoms in total. The number of benzene rings is 1. The van der Waals surface area contributed by atoms with Crippen LogP contribution in [-0.2, 0) is 17.8 Å². The Morgan fingerprint density at radius 2 is 2.04 bits per heavy atom. The summed E-state index contributed by atoms with van der Waals surface area (Å²) in [5, 5.41) is 11.7. The molecule has 1 aliphatic carbocycles. The van der Waals surface area contributed by atoms with Crippen LogP contribution in [0.4, 0.5) is 0 Å². The monoisotopic (exact) mass is 341 g/mol. The summed E-state index contributed by atoms with van der Waals surface area (Å²) in [5.41, 5.74) is 5.34. The van der Waals surface area contributed by atoms with Gasteiger partial charge < -0.3 is 9.67 Å². The van der Waals surface area contributed by atoms with Gasteiger partial charge in [0.05, 0.1) is 29.7 Å². The lowest BCUT2D eigenvalue weighted by atomic mass is 10.1. The van der Waals surface area contributed by atoms with Crippen molar-refractivity contribution in [3.8, 4) is 0 Å².